The van der Waals surface area contributed by atoms with E-state index in [1.807, 2.05) is 4.90 Å². The number of carbonyl (C=O) groups excluding carboxylic acids is 3. The van der Waals surface area contributed by atoms with Gasteiger partial charge in [0.05, 0.1) is 18.3 Å². The first-order valence-corrected chi connectivity index (χ1v) is 12.1. The van der Waals surface area contributed by atoms with Crippen molar-refractivity contribution in [2.45, 2.75) is 37.1 Å². The second-order valence-electron chi connectivity index (χ2n) is 10.5. The molecule has 9 N–H and O–H groups in total. The maximum Gasteiger partial charge on any atom is 0.234 e. The molecule has 0 bridgehead atoms. The molecule has 0 radical (unpaired) electrons. The zero-order valence-electron chi connectivity index (χ0n) is 21.4. The van der Waals surface area contributed by atoms with Crippen LogP contribution in [0.5, 0.6) is 5.75 Å². The highest BCUT2D eigenvalue weighted by Gasteiger charge is 2.67. The van der Waals surface area contributed by atoms with Gasteiger partial charge in [0.1, 0.15) is 17.4 Å². The first-order chi connectivity index (χ1) is 17.3. The molecule has 0 heterocycles. The van der Waals surface area contributed by atoms with E-state index in [0.29, 0.717) is 16.8 Å². The summed E-state index contributed by atoms with van der Waals surface area (Å²) >= 11 is 0. The number of benzene rings is 1. The van der Waals surface area contributed by atoms with Crippen LogP contribution in [0.25, 0.3) is 5.76 Å². The van der Waals surface area contributed by atoms with Crippen LogP contribution in [0.1, 0.15) is 23.1 Å². The maximum atomic E-state index is 14.0. The number of aliphatic hydroxyl groups is 3. The Kier molecular flexibility index (Phi) is 6.84. The Morgan fingerprint density at radius 1 is 1.19 bits per heavy atom. The number of amides is 1. The third kappa shape index (κ3) is 3.74. The zero-order valence-corrected chi connectivity index (χ0v) is 21.4. The second-order valence-corrected chi connectivity index (χ2v) is 10.5. The molecule has 6 atom stereocenters. The molecule has 0 aliphatic heterocycles. The molecule has 2 saturated carbocycles. The molecule has 202 valence electrons. The van der Waals surface area contributed by atoms with Crippen LogP contribution in [0.2, 0.25) is 0 Å². The van der Waals surface area contributed by atoms with E-state index in [4.69, 9.17) is 11.5 Å². The van der Waals surface area contributed by atoms with Gasteiger partial charge in [0.15, 0.2) is 11.4 Å². The number of nitrogens with two attached hydrogens (primary N) is 2. The number of aromatic hydroxyl groups is 1. The first-order valence-electron chi connectivity index (χ1n) is 12.1. The van der Waals surface area contributed by atoms with Crippen molar-refractivity contribution in [3.05, 3.63) is 28.3 Å². The van der Waals surface area contributed by atoms with Gasteiger partial charge in [0.25, 0.3) is 0 Å². The minimum Gasteiger partial charge on any atom is -0.507 e. The average Bonchev–Trinajstić information content (AvgIpc) is 2.81. The summed E-state index contributed by atoms with van der Waals surface area (Å²) in [5, 5.41) is 47.5. The number of Topliss-reactive ketones (excluding diaryl/α,β-unsaturated/α-hetero) is 2. The molecule has 12 heteroatoms. The number of anilines is 1. The summed E-state index contributed by atoms with van der Waals surface area (Å²) in [6.07, 6.45) is -1.19. The molecule has 1 amide bonds. The standard InChI is InChI=1S/C25H35N5O7/c1-29(2)14-7-11(8-26)19(31)16-12(14)5-10-6-13-18(30(3)4)21(33)17(24(36)28-9-27)23(35)25(13,37)22(34)15(10)20(16)32/h7,10,13,17-18,21,31-33,37H,5-6,8-9,26-27H2,1-4H3,(H,28,36)/t10?,13?,17?,18-,21?,25-/m0/s1. The molecule has 3 aliphatic carbocycles. The fourth-order valence-corrected chi connectivity index (χ4v) is 6.45. The Labute approximate surface area is 214 Å². The van der Waals surface area contributed by atoms with Crippen LogP contribution in [-0.2, 0) is 27.3 Å². The molecule has 4 rings (SSSR count). The maximum absolute atomic E-state index is 14.0. The minimum atomic E-state index is -2.67. The van der Waals surface area contributed by atoms with Crippen molar-refractivity contribution in [2.75, 3.05) is 39.8 Å². The van der Waals surface area contributed by atoms with Gasteiger partial charge < -0.3 is 47.0 Å². The SMILES string of the molecule is CN(C)c1cc(CN)c(O)c2c1CC1CC3[C@H](N(C)C)C(O)C(C(=O)NCN)C(=O)[C@@]3(O)C(=O)C1=C2O. The molecular formula is C25H35N5O7. The minimum absolute atomic E-state index is 0.0230. The Morgan fingerprint density at radius 3 is 2.38 bits per heavy atom. The van der Waals surface area contributed by atoms with E-state index in [0.717, 1.165) is 0 Å². The topological polar surface area (TPSA) is 203 Å². The zero-order chi connectivity index (χ0) is 27.6. The summed E-state index contributed by atoms with van der Waals surface area (Å²) in [5.41, 5.74) is 10.1. The van der Waals surface area contributed by atoms with Gasteiger partial charge in [0.2, 0.25) is 11.7 Å². The summed E-state index contributed by atoms with van der Waals surface area (Å²) in [6, 6.07) is 0.802. The average molecular weight is 518 g/mol. The largest absolute Gasteiger partial charge is 0.507 e. The van der Waals surface area contributed by atoms with Gasteiger partial charge >= 0.3 is 0 Å². The van der Waals surface area contributed by atoms with Gasteiger partial charge in [-0.15, -0.1) is 0 Å². The third-order valence-electron chi connectivity index (χ3n) is 8.10. The highest BCUT2D eigenvalue weighted by molar-refractivity contribution is 6.25. The molecule has 1 aromatic rings. The smallest absolute Gasteiger partial charge is 0.234 e. The normalized spacial score (nSPS) is 31.1. The highest BCUT2D eigenvalue weighted by Crippen LogP contribution is 2.53. The third-order valence-corrected chi connectivity index (χ3v) is 8.10. The van der Waals surface area contributed by atoms with Crippen LogP contribution in [0, 0.1) is 17.8 Å². The summed E-state index contributed by atoms with van der Waals surface area (Å²) in [7, 11) is 6.86. The van der Waals surface area contributed by atoms with E-state index in [2.05, 4.69) is 5.32 Å². The van der Waals surface area contributed by atoms with E-state index in [1.54, 1.807) is 39.2 Å². The van der Waals surface area contributed by atoms with E-state index in [9.17, 15) is 34.8 Å². The number of nitrogens with zero attached hydrogens (tertiary/aromatic N) is 2. The number of phenols is 1. The van der Waals surface area contributed by atoms with Crippen molar-refractivity contribution in [1.82, 2.24) is 10.2 Å². The van der Waals surface area contributed by atoms with E-state index in [-0.39, 0.29) is 42.9 Å². The molecule has 1 aromatic carbocycles. The van der Waals surface area contributed by atoms with Crippen molar-refractivity contribution in [3.8, 4) is 5.75 Å². The monoisotopic (exact) mass is 517 g/mol. The Hall–Kier alpha value is -3.03. The van der Waals surface area contributed by atoms with Crippen LogP contribution in [0.3, 0.4) is 0 Å². The molecule has 4 unspecified atom stereocenters. The lowest BCUT2D eigenvalue weighted by Crippen LogP contribution is -2.73. The number of rotatable bonds is 5. The Morgan fingerprint density at radius 2 is 1.84 bits per heavy atom. The van der Waals surface area contributed by atoms with Gasteiger partial charge in [0, 0.05) is 49.4 Å². The van der Waals surface area contributed by atoms with Crippen molar-refractivity contribution >= 4 is 28.9 Å². The van der Waals surface area contributed by atoms with Crippen molar-refractivity contribution in [2.24, 2.45) is 29.2 Å². The van der Waals surface area contributed by atoms with Gasteiger partial charge in [-0.2, -0.15) is 0 Å². The Balaban J connectivity index is 1.94. The van der Waals surface area contributed by atoms with Crippen LogP contribution < -0.4 is 21.7 Å². The lowest BCUT2D eigenvalue weighted by atomic mass is 9.54. The molecule has 12 nitrogen and oxygen atoms in total. The number of nitrogens with one attached hydrogen (secondary N) is 1. The predicted octanol–water partition coefficient (Wildman–Crippen LogP) is -1.80. The van der Waals surface area contributed by atoms with Crippen LogP contribution in [-0.4, -0.2) is 95.4 Å². The fourth-order valence-electron chi connectivity index (χ4n) is 6.45. The number of likely N-dealkylation sites (N-methyl/N-ethyl adjacent to an activating group) is 1. The highest BCUT2D eigenvalue weighted by atomic mass is 16.3. The van der Waals surface area contributed by atoms with Crippen molar-refractivity contribution in [1.29, 1.82) is 0 Å². The number of carbonyl (C=O) groups is 3. The van der Waals surface area contributed by atoms with E-state index < -0.39 is 58.7 Å². The number of fused-ring (bicyclic) bond motifs is 3. The molecule has 0 spiro atoms. The lowest BCUT2D eigenvalue weighted by Gasteiger charge is -2.53. The molecule has 0 saturated heterocycles. The summed E-state index contributed by atoms with van der Waals surface area (Å²) in [4.78, 5) is 43.7. The molecule has 2 fully saturated rings. The summed E-state index contributed by atoms with van der Waals surface area (Å²) in [6.45, 7) is -0.329. The second kappa shape index (κ2) is 9.37. The van der Waals surface area contributed by atoms with Crippen LogP contribution in [0.4, 0.5) is 5.69 Å². The number of aliphatic hydroxyl groups excluding tert-OH is 2. The molecule has 3 aliphatic rings. The quantitative estimate of drug-likeness (QED) is 0.171. The Bertz CT molecular complexity index is 1200. The van der Waals surface area contributed by atoms with Gasteiger partial charge in [-0.3, -0.25) is 14.4 Å². The lowest BCUT2D eigenvalue weighted by molar-refractivity contribution is -0.184. The van der Waals surface area contributed by atoms with E-state index >= 15 is 0 Å². The fraction of sp³-hybridized carbons (Fsp3) is 0.560. The summed E-state index contributed by atoms with van der Waals surface area (Å²) in [5.74, 6) is -7.28. The molecule has 37 heavy (non-hydrogen) atoms. The van der Waals surface area contributed by atoms with E-state index in [1.165, 1.54) is 0 Å². The molecular weight excluding hydrogens is 482 g/mol. The summed E-state index contributed by atoms with van der Waals surface area (Å²) < 4.78 is 0. The number of hydrogen-bond acceptors (Lipinski definition) is 11. The molecule has 0 aromatic heterocycles. The van der Waals surface area contributed by atoms with Crippen LogP contribution in [0.15, 0.2) is 11.6 Å². The van der Waals surface area contributed by atoms with Gasteiger partial charge in [-0.1, -0.05) is 0 Å². The van der Waals surface area contributed by atoms with Gasteiger partial charge in [-0.05, 0) is 44.5 Å². The van der Waals surface area contributed by atoms with Gasteiger partial charge in [-0.25, -0.2) is 0 Å². The van der Waals surface area contributed by atoms with Crippen molar-refractivity contribution in [3.63, 3.8) is 0 Å². The number of phenolic OH excluding ortho intramolecular Hbond substituents is 1. The number of hydrogen-bond donors (Lipinski definition) is 7. The van der Waals surface area contributed by atoms with Crippen LogP contribution >= 0.6 is 0 Å². The number of ketones is 2. The first kappa shape index (κ1) is 27.0. The van der Waals surface area contributed by atoms with Crippen molar-refractivity contribution < 1.29 is 34.8 Å². The predicted molar refractivity (Wildman–Crippen MR) is 134 cm³/mol.